The van der Waals surface area contributed by atoms with Gasteiger partial charge in [-0.25, -0.2) is 0 Å². The monoisotopic (exact) mass is 213 g/mol. The van der Waals surface area contributed by atoms with Gasteiger partial charge in [-0.15, -0.1) is 0 Å². The minimum atomic E-state index is -0.186. The number of hydrogen-bond acceptors (Lipinski definition) is 3. The molecule has 0 saturated carbocycles. The lowest BCUT2D eigenvalue weighted by Crippen LogP contribution is -2.66. The van der Waals surface area contributed by atoms with Gasteiger partial charge in [0.2, 0.25) is 0 Å². The van der Waals surface area contributed by atoms with Crippen LogP contribution in [0.5, 0.6) is 0 Å². The van der Waals surface area contributed by atoms with Crippen LogP contribution in [-0.2, 0) is 4.74 Å². The van der Waals surface area contributed by atoms with Gasteiger partial charge in [-0.3, -0.25) is 4.90 Å². The number of nitrogens with zero attached hydrogens (tertiary/aromatic N) is 1. The standard InChI is InChI=1S/C12H23NO2/c1-10(2)6-9(14)7-11(3,4)13(10)12(5)8-15-12/h9,14H,6-8H2,1-5H3. The molecule has 2 fully saturated rings. The molecule has 2 saturated heterocycles. The first-order chi connectivity index (χ1) is 6.67. The Balaban J connectivity index is 2.31. The summed E-state index contributed by atoms with van der Waals surface area (Å²) in [5.41, 5.74) is -0.0913. The lowest BCUT2D eigenvalue weighted by atomic mass is 9.77. The zero-order valence-corrected chi connectivity index (χ0v) is 10.5. The van der Waals surface area contributed by atoms with E-state index in [1.165, 1.54) is 0 Å². The van der Waals surface area contributed by atoms with Gasteiger partial charge in [-0.2, -0.15) is 0 Å². The predicted octanol–water partition coefficient (Wildman–Crippen LogP) is 1.75. The molecule has 0 radical (unpaired) electrons. The molecule has 0 aromatic rings. The van der Waals surface area contributed by atoms with Crippen LogP contribution in [0.1, 0.15) is 47.5 Å². The lowest BCUT2D eigenvalue weighted by Gasteiger charge is -2.56. The van der Waals surface area contributed by atoms with E-state index in [1.54, 1.807) is 0 Å². The smallest absolute Gasteiger partial charge is 0.143 e. The Morgan fingerprint density at radius 1 is 1.07 bits per heavy atom. The molecule has 0 amide bonds. The Kier molecular flexibility index (Phi) is 2.25. The number of piperidine rings is 1. The van der Waals surface area contributed by atoms with E-state index in [0.717, 1.165) is 19.4 Å². The Hall–Kier alpha value is -0.120. The first-order valence-electron chi connectivity index (χ1n) is 5.80. The van der Waals surface area contributed by atoms with Crippen LogP contribution < -0.4 is 0 Å². The highest BCUT2D eigenvalue weighted by Gasteiger charge is 2.58. The van der Waals surface area contributed by atoms with E-state index in [4.69, 9.17) is 4.74 Å². The van der Waals surface area contributed by atoms with Crippen LogP contribution in [0.2, 0.25) is 0 Å². The third kappa shape index (κ3) is 1.81. The minimum Gasteiger partial charge on any atom is -0.393 e. The average Bonchev–Trinajstić information content (AvgIpc) is 2.59. The highest BCUT2D eigenvalue weighted by molar-refractivity contribution is 5.07. The maximum absolute atomic E-state index is 9.92. The number of ether oxygens (including phenoxy) is 1. The first-order valence-corrected chi connectivity index (χ1v) is 5.80. The second-order valence-corrected chi connectivity index (χ2v) is 6.49. The fourth-order valence-corrected chi connectivity index (χ4v) is 3.74. The van der Waals surface area contributed by atoms with Gasteiger partial charge in [0.15, 0.2) is 0 Å². The Morgan fingerprint density at radius 2 is 1.47 bits per heavy atom. The molecule has 0 aliphatic carbocycles. The number of aliphatic hydroxyl groups is 1. The van der Waals surface area contributed by atoms with Gasteiger partial charge in [0, 0.05) is 11.1 Å². The van der Waals surface area contributed by atoms with Crippen molar-refractivity contribution >= 4 is 0 Å². The van der Waals surface area contributed by atoms with Crippen LogP contribution in [0.15, 0.2) is 0 Å². The van der Waals surface area contributed by atoms with Crippen LogP contribution in [0, 0.1) is 0 Å². The van der Waals surface area contributed by atoms with Crippen molar-refractivity contribution in [1.82, 2.24) is 4.90 Å². The van der Waals surface area contributed by atoms with E-state index in [9.17, 15) is 5.11 Å². The van der Waals surface area contributed by atoms with Crippen molar-refractivity contribution in [3.8, 4) is 0 Å². The highest BCUT2D eigenvalue weighted by Crippen LogP contribution is 2.48. The Bertz CT molecular complexity index is 251. The van der Waals surface area contributed by atoms with Gasteiger partial charge in [0.05, 0.1) is 12.7 Å². The van der Waals surface area contributed by atoms with Crippen LogP contribution in [0.25, 0.3) is 0 Å². The summed E-state index contributed by atoms with van der Waals surface area (Å²) in [5.74, 6) is 0. The van der Waals surface area contributed by atoms with Crippen LogP contribution in [-0.4, -0.2) is 39.5 Å². The van der Waals surface area contributed by atoms with E-state index in [1.807, 2.05) is 0 Å². The van der Waals surface area contributed by atoms with Gasteiger partial charge in [0.1, 0.15) is 5.72 Å². The van der Waals surface area contributed by atoms with Crippen molar-refractivity contribution in [3.63, 3.8) is 0 Å². The van der Waals surface area contributed by atoms with Gasteiger partial charge < -0.3 is 9.84 Å². The molecule has 3 heteroatoms. The first kappa shape index (κ1) is 11.4. The van der Waals surface area contributed by atoms with Crippen molar-refractivity contribution in [2.75, 3.05) is 6.61 Å². The van der Waals surface area contributed by atoms with Crippen LogP contribution in [0.3, 0.4) is 0 Å². The summed E-state index contributed by atoms with van der Waals surface area (Å²) < 4.78 is 5.59. The quantitative estimate of drug-likeness (QED) is 0.674. The molecular weight excluding hydrogens is 190 g/mol. The molecule has 2 aliphatic rings. The summed E-state index contributed by atoms with van der Waals surface area (Å²) in [6, 6.07) is 0. The molecule has 2 rings (SSSR count). The minimum absolute atomic E-state index is 0.00637. The number of likely N-dealkylation sites (tertiary alicyclic amines) is 1. The number of hydrogen-bond donors (Lipinski definition) is 1. The lowest BCUT2D eigenvalue weighted by molar-refractivity contribution is -0.134. The van der Waals surface area contributed by atoms with Crippen molar-refractivity contribution in [2.45, 2.75) is 70.4 Å². The maximum Gasteiger partial charge on any atom is 0.143 e. The van der Waals surface area contributed by atoms with E-state index >= 15 is 0 Å². The maximum atomic E-state index is 9.92. The summed E-state index contributed by atoms with van der Waals surface area (Å²) in [6.07, 6.45) is 1.47. The van der Waals surface area contributed by atoms with Crippen molar-refractivity contribution < 1.29 is 9.84 Å². The third-order valence-corrected chi connectivity index (χ3v) is 3.72. The normalized spacial score (nSPS) is 40.4. The van der Waals surface area contributed by atoms with Crippen molar-refractivity contribution in [2.24, 2.45) is 0 Å². The van der Waals surface area contributed by atoms with E-state index in [-0.39, 0.29) is 22.9 Å². The summed E-state index contributed by atoms with van der Waals surface area (Å²) in [6.45, 7) is 11.8. The zero-order chi connectivity index (χ0) is 11.5. The molecule has 2 aliphatic heterocycles. The summed E-state index contributed by atoms with van der Waals surface area (Å²) in [5, 5.41) is 9.92. The zero-order valence-electron chi connectivity index (χ0n) is 10.5. The van der Waals surface area contributed by atoms with E-state index in [0.29, 0.717) is 0 Å². The van der Waals surface area contributed by atoms with Gasteiger partial charge in [-0.05, 0) is 47.5 Å². The topological polar surface area (TPSA) is 36.0 Å². The fourth-order valence-electron chi connectivity index (χ4n) is 3.74. The molecule has 2 heterocycles. The van der Waals surface area contributed by atoms with E-state index in [2.05, 4.69) is 39.5 Å². The van der Waals surface area contributed by atoms with Crippen molar-refractivity contribution in [3.05, 3.63) is 0 Å². The number of aliphatic hydroxyl groups excluding tert-OH is 1. The molecule has 3 nitrogen and oxygen atoms in total. The Labute approximate surface area is 92.4 Å². The number of rotatable bonds is 1. The predicted molar refractivity (Wildman–Crippen MR) is 59.6 cm³/mol. The van der Waals surface area contributed by atoms with E-state index < -0.39 is 0 Å². The molecule has 1 unspecified atom stereocenters. The molecule has 1 N–H and O–H groups in total. The van der Waals surface area contributed by atoms with Gasteiger partial charge in [0.25, 0.3) is 0 Å². The fraction of sp³-hybridized carbons (Fsp3) is 1.00. The summed E-state index contributed by atoms with van der Waals surface area (Å²) in [4.78, 5) is 2.44. The third-order valence-electron chi connectivity index (χ3n) is 3.72. The second kappa shape index (κ2) is 2.96. The Morgan fingerprint density at radius 3 is 1.80 bits per heavy atom. The molecule has 0 aromatic heterocycles. The summed E-state index contributed by atoms with van der Waals surface area (Å²) in [7, 11) is 0. The largest absolute Gasteiger partial charge is 0.393 e. The summed E-state index contributed by atoms with van der Waals surface area (Å²) >= 11 is 0. The molecule has 15 heavy (non-hydrogen) atoms. The van der Waals surface area contributed by atoms with Crippen LogP contribution in [0.4, 0.5) is 0 Å². The van der Waals surface area contributed by atoms with Gasteiger partial charge >= 0.3 is 0 Å². The molecule has 1 atom stereocenters. The van der Waals surface area contributed by atoms with Gasteiger partial charge in [-0.1, -0.05) is 0 Å². The SMILES string of the molecule is CC1(C)CC(O)CC(C)(C)N1C1(C)CO1. The molecule has 0 spiro atoms. The number of epoxide rings is 1. The van der Waals surface area contributed by atoms with Crippen LogP contribution >= 0.6 is 0 Å². The molecular formula is C12H23NO2. The molecule has 88 valence electrons. The molecule has 0 bridgehead atoms. The van der Waals surface area contributed by atoms with Crippen molar-refractivity contribution in [1.29, 1.82) is 0 Å². The molecule has 0 aromatic carbocycles. The average molecular weight is 213 g/mol. The highest BCUT2D eigenvalue weighted by atomic mass is 16.6. The second-order valence-electron chi connectivity index (χ2n) is 6.49.